The molecular weight excluding hydrogens is 236 g/mol. The Morgan fingerprint density at radius 1 is 0.895 bits per heavy atom. The Labute approximate surface area is 110 Å². The summed E-state index contributed by atoms with van der Waals surface area (Å²) in [5.41, 5.74) is 1.19. The van der Waals surface area contributed by atoms with E-state index < -0.39 is 0 Å². The lowest BCUT2D eigenvalue weighted by Gasteiger charge is -2.06. The highest BCUT2D eigenvalue weighted by atomic mass is 16.1. The largest absolute Gasteiger partial charge is 0.321 e. The molecule has 0 fully saturated rings. The zero-order chi connectivity index (χ0) is 13.1. The van der Waals surface area contributed by atoms with Gasteiger partial charge in [0.25, 0.3) is 5.91 Å². The van der Waals surface area contributed by atoms with E-state index in [-0.39, 0.29) is 5.91 Å². The molecule has 0 aliphatic carbocycles. The lowest BCUT2D eigenvalue weighted by molar-refractivity contribution is 0.102. The first-order valence-electron chi connectivity index (χ1n) is 6.04. The third-order valence-electron chi connectivity index (χ3n) is 2.90. The summed E-state index contributed by atoms with van der Waals surface area (Å²) in [6.45, 7) is 0. The van der Waals surface area contributed by atoms with E-state index in [0.717, 1.165) is 16.5 Å². The SMILES string of the molecule is O=C(Nc1ccc2ccccc2c1)c1ccccn1. The summed E-state index contributed by atoms with van der Waals surface area (Å²) in [5, 5.41) is 5.10. The van der Waals surface area contributed by atoms with Gasteiger partial charge >= 0.3 is 0 Å². The molecule has 1 aromatic heterocycles. The van der Waals surface area contributed by atoms with Crippen molar-refractivity contribution < 1.29 is 4.79 Å². The number of nitrogens with zero attached hydrogens (tertiary/aromatic N) is 1. The molecule has 0 radical (unpaired) electrons. The number of benzene rings is 2. The number of carbonyl (C=O) groups is 1. The second-order valence-corrected chi connectivity index (χ2v) is 4.23. The zero-order valence-electron chi connectivity index (χ0n) is 10.2. The number of fused-ring (bicyclic) bond motifs is 1. The monoisotopic (exact) mass is 248 g/mol. The summed E-state index contributed by atoms with van der Waals surface area (Å²) in [6.07, 6.45) is 1.61. The minimum atomic E-state index is -0.198. The predicted octanol–water partition coefficient (Wildman–Crippen LogP) is 3.49. The summed E-state index contributed by atoms with van der Waals surface area (Å²) < 4.78 is 0. The number of pyridine rings is 1. The van der Waals surface area contributed by atoms with E-state index in [1.165, 1.54) is 0 Å². The normalized spacial score (nSPS) is 10.3. The minimum absolute atomic E-state index is 0.198. The number of nitrogens with one attached hydrogen (secondary N) is 1. The summed E-state index contributed by atoms with van der Waals surface area (Å²) in [5.74, 6) is -0.198. The quantitative estimate of drug-likeness (QED) is 0.754. The van der Waals surface area contributed by atoms with Crippen LogP contribution < -0.4 is 5.32 Å². The van der Waals surface area contributed by atoms with Gasteiger partial charge in [-0.3, -0.25) is 9.78 Å². The average molecular weight is 248 g/mol. The first-order valence-corrected chi connectivity index (χ1v) is 6.04. The van der Waals surface area contributed by atoms with Crippen LogP contribution in [0, 0.1) is 0 Å². The van der Waals surface area contributed by atoms with E-state index in [0.29, 0.717) is 5.69 Å². The van der Waals surface area contributed by atoms with Crippen LogP contribution >= 0.6 is 0 Å². The van der Waals surface area contributed by atoms with E-state index in [1.54, 1.807) is 24.4 Å². The molecule has 3 nitrogen and oxygen atoms in total. The van der Waals surface area contributed by atoms with Crippen LogP contribution in [0.3, 0.4) is 0 Å². The molecule has 92 valence electrons. The number of hydrogen-bond acceptors (Lipinski definition) is 2. The fourth-order valence-electron chi connectivity index (χ4n) is 1.96. The summed E-state index contributed by atoms with van der Waals surface area (Å²) >= 11 is 0. The Kier molecular flexibility index (Phi) is 2.94. The number of amides is 1. The Morgan fingerprint density at radius 2 is 1.68 bits per heavy atom. The van der Waals surface area contributed by atoms with E-state index in [2.05, 4.69) is 10.3 Å². The van der Waals surface area contributed by atoms with Crippen molar-refractivity contribution in [3.63, 3.8) is 0 Å². The molecule has 0 unspecified atom stereocenters. The van der Waals surface area contributed by atoms with Gasteiger partial charge in [0.2, 0.25) is 0 Å². The van der Waals surface area contributed by atoms with Gasteiger partial charge < -0.3 is 5.32 Å². The smallest absolute Gasteiger partial charge is 0.274 e. The van der Waals surface area contributed by atoms with Gasteiger partial charge in [0.1, 0.15) is 5.69 Å². The van der Waals surface area contributed by atoms with E-state index in [9.17, 15) is 4.79 Å². The second-order valence-electron chi connectivity index (χ2n) is 4.23. The first-order chi connectivity index (χ1) is 9.33. The van der Waals surface area contributed by atoms with Crippen molar-refractivity contribution in [1.82, 2.24) is 4.98 Å². The third-order valence-corrected chi connectivity index (χ3v) is 2.90. The van der Waals surface area contributed by atoms with Crippen LogP contribution in [0.1, 0.15) is 10.5 Å². The average Bonchev–Trinajstić information content (AvgIpc) is 2.48. The fraction of sp³-hybridized carbons (Fsp3) is 0. The lowest BCUT2D eigenvalue weighted by Crippen LogP contribution is -2.13. The predicted molar refractivity (Wildman–Crippen MR) is 76.1 cm³/mol. The number of anilines is 1. The molecule has 3 rings (SSSR count). The van der Waals surface area contributed by atoms with Crippen LogP contribution in [-0.2, 0) is 0 Å². The Bertz CT molecular complexity index is 723. The molecular formula is C16H12N2O. The molecule has 0 saturated carbocycles. The van der Waals surface area contributed by atoms with Gasteiger partial charge in [0.15, 0.2) is 0 Å². The Morgan fingerprint density at radius 3 is 2.47 bits per heavy atom. The van der Waals surface area contributed by atoms with Crippen molar-refractivity contribution in [2.24, 2.45) is 0 Å². The van der Waals surface area contributed by atoms with Gasteiger partial charge in [-0.1, -0.05) is 36.4 Å². The highest BCUT2D eigenvalue weighted by Crippen LogP contribution is 2.19. The molecule has 0 aliphatic rings. The Hall–Kier alpha value is -2.68. The number of carbonyl (C=O) groups excluding carboxylic acids is 1. The molecule has 19 heavy (non-hydrogen) atoms. The second kappa shape index (κ2) is 4.90. The molecule has 0 atom stereocenters. The summed E-state index contributed by atoms with van der Waals surface area (Å²) in [7, 11) is 0. The van der Waals surface area contributed by atoms with E-state index >= 15 is 0 Å². The molecule has 1 N–H and O–H groups in total. The number of hydrogen-bond donors (Lipinski definition) is 1. The molecule has 1 heterocycles. The van der Waals surface area contributed by atoms with Gasteiger partial charge in [0.05, 0.1) is 0 Å². The molecule has 0 bridgehead atoms. The molecule has 2 aromatic carbocycles. The molecule has 0 spiro atoms. The van der Waals surface area contributed by atoms with Crippen LogP contribution in [0.5, 0.6) is 0 Å². The van der Waals surface area contributed by atoms with E-state index in [4.69, 9.17) is 0 Å². The lowest BCUT2D eigenvalue weighted by atomic mass is 10.1. The van der Waals surface area contributed by atoms with Crippen molar-refractivity contribution in [2.45, 2.75) is 0 Å². The summed E-state index contributed by atoms with van der Waals surface area (Å²) in [6, 6.07) is 19.1. The van der Waals surface area contributed by atoms with Crippen LogP contribution in [0.15, 0.2) is 66.9 Å². The fourth-order valence-corrected chi connectivity index (χ4v) is 1.96. The van der Waals surface area contributed by atoms with Crippen molar-refractivity contribution in [3.05, 3.63) is 72.6 Å². The maximum atomic E-state index is 12.0. The molecule has 3 heteroatoms. The van der Waals surface area contributed by atoms with Gasteiger partial charge in [0, 0.05) is 11.9 Å². The zero-order valence-corrected chi connectivity index (χ0v) is 10.2. The van der Waals surface area contributed by atoms with Crippen molar-refractivity contribution in [3.8, 4) is 0 Å². The maximum absolute atomic E-state index is 12.0. The van der Waals surface area contributed by atoms with E-state index in [1.807, 2.05) is 42.5 Å². The van der Waals surface area contributed by atoms with Gasteiger partial charge in [-0.2, -0.15) is 0 Å². The minimum Gasteiger partial charge on any atom is -0.321 e. The van der Waals surface area contributed by atoms with Gasteiger partial charge in [-0.05, 0) is 35.0 Å². The van der Waals surface area contributed by atoms with Crippen molar-refractivity contribution >= 4 is 22.4 Å². The van der Waals surface area contributed by atoms with Crippen LogP contribution in [-0.4, -0.2) is 10.9 Å². The van der Waals surface area contributed by atoms with Crippen molar-refractivity contribution in [1.29, 1.82) is 0 Å². The first kappa shape index (κ1) is 11.4. The molecule has 0 saturated heterocycles. The third kappa shape index (κ3) is 2.45. The molecule has 3 aromatic rings. The molecule has 1 amide bonds. The van der Waals surface area contributed by atoms with Crippen molar-refractivity contribution in [2.75, 3.05) is 5.32 Å². The number of rotatable bonds is 2. The standard InChI is InChI=1S/C16H12N2O/c19-16(15-7-3-4-10-17-15)18-14-9-8-12-5-1-2-6-13(12)11-14/h1-11H,(H,18,19). The number of aromatic nitrogens is 1. The van der Waals surface area contributed by atoms with Gasteiger partial charge in [-0.25, -0.2) is 0 Å². The van der Waals surface area contributed by atoms with Crippen LogP contribution in [0.25, 0.3) is 10.8 Å². The Balaban J connectivity index is 1.87. The van der Waals surface area contributed by atoms with Crippen LogP contribution in [0.2, 0.25) is 0 Å². The maximum Gasteiger partial charge on any atom is 0.274 e. The van der Waals surface area contributed by atoms with Gasteiger partial charge in [-0.15, -0.1) is 0 Å². The highest BCUT2D eigenvalue weighted by molar-refractivity contribution is 6.03. The summed E-state index contributed by atoms with van der Waals surface area (Å²) in [4.78, 5) is 16.0. The molecule has 0 aliphatic heterocycles. The topological polar surface area (TPSA) is 42.0 Å². The van der Waals surface area contributed by atoms with Crippen LogP contribution in [0.4, 0.5) is 5.69 Å². The highest BCUT2D eigenvalue weighted by Gasteiger charge is 2.06.